The molecule has 0 amide bonds. The molecule has 0 spiro atoms. The zero-order valence-electron chi connectivity index (χ0n) is 19.4. The van der Waals surface area contributed by atoms with E-state index in [0.717, 1.165) is 44.8 Å². The summed E-state index contributed by atoms with van der Waals surface area (Å²) in [7, 11) is 1.66. The molecule has 2 N–H and O–H groups in total. The number of β-amino-alcohol motifs (C(OH)–C–C–N with tert-alkyl or cyclic N) is 1. The third kappa shape index (κ3) is 5.81. The van der Waals surface area contributed by atoms with Crippen molar-refractivity contribution in [3.8, 4) is 11.5 Å². The highest BCUT2D eigenvalue weighted by Crippen LogP contribution is 2.45. The molecule has 6 nitrogen and oxygen atoms in total. The molecule has 1 saturated carbocycles. The standard InChI is InChI=1S/C26H37N3O3/c1-3-28-13-15-29(16-14-28)19-23(30)20-32-24-10-9-21(17-25(24)31-2)18-27-26(11-12-26)22-7-5-4-6-8-22/h4-10,17,23,27,30H,3,11-16,18-20H2,1-2H3. The lowest BCUT2D eigenvalue weighted by Crippen LogP contribution is -2.49. The molecule has 174 valence electrons. The second-order valence-corrected chi connectivity index (χ2v) is 8.99. The van der Waals surface area contributed by atoms with E-state index in [1.807, 2.05) is 12.1 Å². The topological polar surface area (TPSA) is 57.2 Å². The normalized spacial score (nSPS) is 19.5. The minimum absolute atomic E-state index is 0.108. The highest BCUT2D eigenvalue weighted by atomic mass is 16.5. The van der Waals surface area contributed by atoms with E-state index in [9.17, 15) is 5.11 Å². The maximum Gasteiger partial charge on any atom is 0.161 e. The van der Waals surface area contributed by atoms with Gasteiger partial charge in [0.1, 0.15) is 12.7 Å². The van der Waals surface area contributed by atoms with Crippen LogP contribution in [0, 0.1) is 0 Å². The summed E-state index contributed by atoms with van der Waals surface area (Å²) >= 11 is 0. The van der Waals surface area contributed by atoms with E-state index in [4.69, 9.17) is 9.47 Å². The van der Waals surface area contributed by atoms with Gasteiger partial charge in [-0.2, -0.15) is 0 Å². The van der Waals surface area contributed by atoms with E-state index in [2.05, 4.69) is 58.4 Å². The zero-order chi connectivity index (χ0) is 22.4. The van der Waals surface area contributed by atoms with Gasteiger partial charge in [-0.25, -0.2) is 0 Å². The second-order valence-electron chi connectivity index (χ2n) is 8.99. The Kier molecular flexibility index (Phi) is 7.68. The Hall–Kier alpha value is -2.12. The van der Waals surface area contributed by atoms with Crippen molar-refractivity contribution in [1.82, 2.24) is 15.1 Å². The molecule has 4 rings (SSSR count). The Bertz CT molecular complexity index is 849. The Balaban J connectivity index is 1.27. The van der Waals surface area contributed by atoms with Crippen LogP contribution < -0.4 is 14.8 Å². The first-order valence-electron chi connectivity index (χ1n) is 11.8. The molecule has 0 radical (unpaired) electrons. The van der Waals surface area contributed by atoms with Crippen LogP contribution in [0.5, 0.6) is 11.5 Å². The fourth-order valence-electron chi connectivity index (χ4n) is 4.49. The lowest BCUT2D eigenvalue weighted by molar-refractivity contribution is 0.0464. The molecule has 0 aromatic heterocycles. The highest BCUT2D eigenvalue weighted by Gasteiger charge is 2.43. The molecule has 6 heteroatoms. The molecule has 2 aromatic carbocycles. The summed E-state index contributed by atoms with van der Waals surface area (Å²) in [6, 6.07) is 16.7. The van der Waals surface area contributed by atoms with E-state index in [1.54, 1.807) is 7.11 Å². The van der Waals surface area contributed by atoms with Crippen molar-refractivity contribution in [3.05, 3.63) is 59.7 Å². The molecule has 1 aliphatic carbocycles. The van der Waals surface area contributed by atoms with Gasteiger partial charge in [0, 0.05) is 44.8 Å². The van der Waals surface area contributed by atoms with Crippen molar-refractivity contribution in [2.75, 3.05) is 53.0 Å². The van der Waals surface area contributed by atoms with Crippen LogP contribution in [0.25, 0.3) is 0 Å². The molecule has 1 atom stereocenters. The third-order valence-electron chi connectivity index (χ3n) is 6.75. The van der Waals surface area contributed by atoms with Crippen LogP contribution in [0.4, 0.5) is 0 Å². The van der Waals surface area contributed by atoms with Gasteiger partial charge in [0.05, 0.1) is 7.11 Å². The summed E-state index contributed by atoms with van der Waals surface area (Å²) in [5, 5.41) is 14.2. The van der Waals surface area contributed by atoms with Gasteiger partial charge in [-0.05, 0) is 42.6 Å². The lowest BCUT2D eigenvalue weighted by Gasteiger charge is -2.34. The minimum atomic E-state index is -0.519. The van der Waals surface area contributed by atoms with Gasteiger partial charge in [-0.1, -0.05) is 43.3 Å². The SMILES string of the molecule is CCN1CCN(CC(O)COc2ccc(CNC3(c4ccccc4)CC3)cc2OC)CC1. The number of hydrogen-bond acceptors (Lipinski definition) is 6. The van der Waals surface area contributed by atoms with Crippen molar-refractivity contribution in [2.45, 2.75) is 38.0 Å². The van der Waals surface area contributed by atoms with Crippen molar-refractivity contribution in [1.29, 1.82) is 0 Å². The number of methoxy groups -OCH3 is 1. The Morgan fingerprint density at radius 1 is 1.00 bits per heavy atom. The van der Waals surface area contributed by atoms with Gasteiger partial charge >= 0.3 is 0 Å². The average Bonchev–Trinajstić information content (AvgIpc) is 3.64. The van der Waals surface area contributed by atoms with Crippen molar-refractivity contribution in [3.63, 3.8) is 0 Å². The van der Waals surface area contributed by atoms with E-state index in [-0.39, 0.29) is 12.1 Å². The molecule has 2 aromatic rings. The van der Waals surface area contributed by atoms with Gasteiger partial charge < -0.3 is 24.8 Å². The number of likely N-dealkylation sites (N-methyl/N-ethyl adjacent to an activating group) is 1. The van der Waals surface area contributed by atoms with Crippen LogP contribution in [0.3, 0.4) is 0 Å². The third-order valence-corrected chi connectivity index (χ3v) is 6.75. The highest BCUT2D eigenvalue weighted by molar-refractivity contribution is 5.43. The number of ether oxygens (including phenoxy) is 2. The Morgan fingerprint density at radius 2 is 1.72 bits per heavy atom. The Morgan fingerprint density at radius 3 is 2.38 bits per heavy atom. The van der Waals surface area contributed by atoms with Gasteiger partial charge in [0.2, 0.25) is 0 Å². The molecule has 2 fully saturated rings. The number of aliphatic hydroxyl groups excluding tert-OH is 1. The number of nitrogens with zero attached hydrogens (tertiary/aromatic N) is 2. The first kappa shape index (κ1) is 23.1. The van der Waals surface area contributed by atoms with Crippen LogP contribution in [0.2, 0.25) is 0 Å². The first-order valence-corrected chi connectivity index (χ1v) is 11.8. The molecule has 1 saturated heterocycles. The smallest absolute Gasteiger partial charge is 0.161 e. The van der Waals surface area contributed by atoms with Gasteiger partial charge in [-0.15, -0.1) is 0 Å². The minimum Gasteiger partial charge on any atom is -0.493 e. The summed E-state index contributed by atoms with van der Waals surface area (Å²) < 4.78 is 11.5. The van der Waals surface area contributed by atoms with Crippen LogP contribution in [0.1, 0.15) is 30.9 Å². The number of rotatable bonds is 11. The van der Waals surface area contributed by atoms with Crippen molar-refractivity contribution < 1.29 is 14.6 Å². The quantitative estimate of drug-likeness (QED) is 0.562. The van der Waals surface area contributed by atoms with Crippen molar-refractivity contribution >= 4 is 0 Å². The summed E-state index contributed by atoms with van der Waals surface area (Å²) in [5.41, 5.74) is 2.62. The fourth-order valence-corrected chi connectivity index (χ4v) is 4.49. The van der Waals surface area contributed by atoms with E-state index in [1.165, 1.54) is 18.4 Å². The molecule has 2 aliphatic rings. The van der Waals surface area contributed by atoms with E-state index in [0.29, 0.717) is 18.0 Å². The molecular formula is C26H37N3O3. The second kappa shape index (κ2) is 10.7. The maximum atomic E-state index is 10.5. The van der Waals surface area contributed by atoms with Gasteiger partial charge in [0.25, 0.3) is 0 Å². The largest absolute Gasteiger partial charge is 0.493 e. The molecule has 1 heterocycles. The van der Waals surface area contributed by atoms with Gasteiger partial charge in [0.15, 0.2) is 11.5 Å². The number of piperazine rings is 1. The number of hydrogen-bond donors (Lipinski definition) is 2. The lowest BCUT2D eigenvalue weighted by atomic mass is 10.0. The number of benzene rings is 2. The number of nitrogens with one attached hydrogen (secondary N) is 1. The summed E-state index contributed by atoms with van der Waals surface area (Å²) in [6.07, 6.45) is 1.82. The number of aliphatic hydroxyl groups is 1. The molecular weight excluding hydrogens is 402 g/mol. The van der Waals surface area contributed by atoms with Crippen LogP contribution in [-0.4, -0.2) is 74.0 Å². The monoisotopic (exact) mass is 439 g/mol. The summed E-state index contributed by atoms with van der Waals surface area (Å²) in [5.74, 6) is 1.38. The molecule has 0 bridgehead atoms. The van der Waals surface area contributed by atoms with Crippen LogP contribution in [0.15, 0.2) is 48.5 Å². The maximum absolute atomic E-state index is 10.5. The predicted molar refractivity (Wildman–Crippen MR) is 127 cm³/mol. The van der Waals surface area contributed by atoms with Crippen molar-refractivity contribution in [2.24, 2.45) is 0 Å². The average molecular weight is 440 g/mol. The first-order chi connectivity index (χ1) is 15.6. The Labute approximate surface area is 192 Å². The predicted octanol–water partition coefficient (Wildman–Crippen LogP) is 2.85. The van der Waals surface area contributed by atoms with Gasteiger partial charge in [-0.3, -0.25) is 4.90 Å². The van der Waals surface area contributed by atoms with E-state index >= 15 is 0 Å². The molecule has 1 aliphatic heterocycles. The molecule has 32 heavy (non-hydrogen) atoms. The zero-order valence-corrected chi connectivity index (χ0v) is 19.4. The molecule has 1 unspecified atom stereocenters. The fraction of sp³-hybridized carbons (Fsp3) is 0.538. The van der Waals surface area contributed by atoms with E-state index < -0.39 is 6.10 Å². The summed E-state index contributed by atoms with van der Waals surface area (Å²) in [6.45, 7) is 9.11. The van der Waals surface area contributed by atoms with Crippen LogP contribution >= 0.6 is 0 Å². The van der Waals surface area contributed by atoms with Crippen LogP contribution in [-0.2, 0) is 12.1 Å². The summed E-state index contributed by atoms with van der Waals surface area (Å²) in [4.78, 5) is 4.75.